The Bertz CT molecular complexity index is 560. The molecule has 3 N–H and O–H groups in total. The Morgan fingerprint density at radius 1 is 1.24 bits per heavy atom. The molecule has 0 saturated carbocycles. The first-order chi connectivity index (χ1) is 8.31. The molecule has 0 unspecified atom stereocenters. The van der Waals surface area contributed by atoms with Crippen LogP contribution in [0.25, 0.3) is 11.1 Å². The fourth-order valence-electron chi connectivity index (χ4n) is 2.63. The summed E-state index contributed by atoms with van der Waals surface area (Å²) < 4.78 is 5.40. The van der Waals surface area contributed by atoms with Crippen molar-refractivity contribution >= 4 is 5.82 Å². The van der Waals surface area contributed by atoms with E-state index in [9.17, 15) is 0 Å². The van der Waals surface area contributed by atoms with Gasteiger partial charge in [-0.15, -0.1) is 0 Å². The van der Waals surface area contributed by atoms with E-state index in [0.29, 0.717) is 5.82 Å². The second kappa shape index (κ2) is 3.80. The number of anilines is 1. The van der Waals surface area contributed by atoms with Gasteiger partial charge in [0, 0.05) is 5.56 Å². The van der Waals surface area contributed by atoms with Gasteiger partial charge in [-0.1, -0.05) is 6.07 Å². The lowest BCUT2D eigenvalue weighted by Gasteiger charge is -2.11. The average Bonchev–Trinajstić information content (AvgIpc) is 2.96. The number of aromatic nitrogens is 2. The number of methoxy groups -OCH3 is 1. The van der Waals surface area contributed by atoms with E-state index in [0.717, 1.165) is 24.2 Å². The van der Waals surface area contributed by atoms with Crippen LogP contribution in [0.5, 0.6) is 5.75 Å². The standard InChI is InChI=1S/C13H15N3O/c1-17-12-6-5-9(8-3-2-4-10(8)12)11-7-15-16-13(11)14/h5-7H,2-4H2,1H3,(H3,14,15,16). The normalized spacial score (nSPS) is 13.7. The van der Waals surface area contributed by atoms with Crippen LogP contribution in [0.1, 0.15) is 17.5 Å². The Labute approximate surface area is 99.8 Å². The summed E-state index contributed by atoms with van der Waals surface area (Å²) in [6.45, 7) is 0. The van der Waals surface area contributed by atoms with E-state index in [1.165, 1.54) is 23.1 Å². The molecular weight excluding hydrogens is 214 g/mol. The molecule has 1 aromatic heterocycles. The van der Waals surface area contributed by atoms with Gasteiger partial charge in [0.2, 0.25) is 0 Å². The molecule has 1 aromatic carbocycles. The molecule has 0 bridgehead atoms. The SMILES string of the molecule is COc1ccc(-c2cn[nH]c2N)c2c1CCC2. The Morgan fingerprint density at radius 2 is 2.06 bits per heavy atom. The maximum atomic E-state index is 5.89. The van der Waals surface area contributed by atoms with E-state index in [1.54, 1.807) is 13.3 Å². The van der Waals surface area contributed by atoms with Crippen LogP contribution in [-0.4, -0.2) is 17.3 Å². The monoisotopic (exact) mass is 229 g/mol. The number of nitrogens with one attached hydrogen (secondary N) is 1. The smallest absolute Gasteiger partial charge is 0.126 e. The number of H-pyrrole nitrogens is 1. The van der Waals surface area contributed by atoms with E-state index in [2.05, 4.69) is 16.3 Å². The summed E-state index contributed by atoms with van der Waals surface area (Å²) >= 11 is 0. The number of nitrogens with zero attached hydrogens (tertiary/aromatic N) is 1. The molecule has 4 heteroatoms. The summed E-state index contributed by atoms with van der Waals surface area (Å²) in [5, 5.41) is 6.77. The number of hydrogen-bond acceptors (Lipinski definition) is 3. The molecule has 1 aliphatic carbocycles. The number of benzene rings is 1. The van der Waals surface area contributed by atoms with Gasteiger partial charge in [0.25, 0.3) is 0 Å². The van der Waals surface area contributed by atoms with Crippen molar-refractivity contribution in [1.82, 2.24) is 10.2 Å². The van der Waals surface area contributed by atoms with Gasteiger partial charge in [0.15, 0.2) is 0 Å². The van der Waals surface area contributed by atoms with E-state index >= 15 is 0 Å². The molecule has 1 aliphatic rings. The van der Waals surface area contributed by atoms with Gasteiger partial charge in [-0.05, 0) is 42.0 Å². The lowest BCUT2D eigenvalue weighted by Crippen LogP contribution is -1.95. The van der Waals surface area contributed by atoms with Gasteiger partial charge in [-0.25, -0.2) is 0 Å². The predicted molar refractivity (Wildman–Crippen MR) is 67.0 cm³/mol. The summed E-state index contributed by atoms with van der Waals surface area (Å²) in [6.07, 6.45) is 5.15. The van der Waals surface area contributed by atoms with Crippen LogP contribution in [0.2, 0.25) is 0 Å². The summed E-state index contributed by atoms with van der Waals surface area (Å²) in [4.78, 5) is 0. The van der Waals surface area contributed by atoms with Crippen LogP contribution in [0.4, 0.5) is 5.82 Å². The number of nitrogens with two attached hydrogens (primary N) is 1. The van der Waals surface area contributed by atoms with Crippen LogP contribution >= 0.6 is 0 Å². The number of fused-ring (bicyclic) bond motifs is 1. The van der Waals surface area contributed by atoms with Gasteiger partial charge in [0.1, 0.15) is 11.6 Å². The van der Waals surface area contributed by atoms with Gasteiger partial charge in [-0.2, -0.15) is 5.10 Å². The van der Waals surface area contributed by atoms with Crippen LogP contribution < -0.4 is 10.5 Å². The highest BCUT2D eigenvalue weighted by Crippen LogP contribution is 2.38. The third-order valence-electron chi connectivity index (χ3n) is 3.42. The highest BCUT2D eigenvalue weighted by molar-refractivity contribution is 5.78. The first-order valence-corrected chi connectivity index (χ1v) is 5.79. The molecule has 17 heavy (non-hydrogen) atoms. The lowest BCUT2D eigenvalue weighted by atomic mass is 9.98. The van der Waals surface area contributed by atoms with Gasteiger partial charge in [-0.3, -0.25) is 5.10 Å². The molecule has 4 nitrogen and oxygen atoms in total. The fourth-order valence-corrected chi connectivity index (χ4v) is 2.63. The molecule has 0 atom stereocenters. The summed E-state index contributed by atoms with van der Waals surface area (Å²) in [5.74, 6) is 1.62. The third kappa shape index (κ3) is 1.48. The minimum absolute atomic E-state index is 0.629. The van der Waals surface area contributed by atoms with Crippen molar-refractivity contribution in [2.24, 2.45) is 0 Å². The van der Waals surface area contributed by atoms with Gasteiger partial charge in [0.05, 0.1) is 13.3 Å². The Hall–Kier alpha value is -1.97. The quantitative estimate of drug-likeness (QED) is 0.829. The van der Waals surface area contributed by atoms with Crippen molar-refractivity contribution < 1.29 is 4.74 Å². The van der Waals surface area contributed by atoms with Crippen LogP contribution in [0, 0.1) is 0 Å². The van der Waals surface area contributed by atoms with Gasteiger partial charge >= 0.3 is 0 Å². The third-order valence-corrected chi connectivity index (χ3v) is 3.42. The van der Waals surface area contributed by atoms with Gasteiger partial charge < -0.3 is 10.5 Å². The zero-order chi connectivity index (χ0) is 11.8. The fraction of sp³-hybridized carbons (Fsp3) is 0.308. The Balaban J connectivity index is 2.20. The number of aromatic amines is 1. The van der Waals surface area contributed by atoms with Crippen LogP contribution in [0.15, 0.2) is 18.3 Å². The highest BCUT2D eigenvalue weighted by atomic mass is 16.5. The average molecular weight is 229 g/mol. The van der Waals surface area contributed by atoms with E-state index in [-0.39, 0.29) is 0 Å². The lowest BCUT2D eigenvalue weighted by molar-refractivity contribution is 0.410. The number of nitrogen functional groups attached to an aromatic ring is 1. The molecule has 0 amide bonds. The molecule has 1 heterocycles. The molecule has 0 radical (unpaired) electrons. The molecule has 0 spiro atoms. The molecule has 88 valence electrons. The number of hydrogen-bond donors (Lipinski definition) is 2. The maximum absolute atomic E-state index is 5.89. The van der Waals surface area contributed by atoms with Crippen molar-refractivity contribution in [2.75, 3.05) is 12.8 Å². The predicted octanol–water partition coefficient (Wildman–Crippen LogP) is 2.16. The molecule has 3 rings (SSSR count). The maximum Gasteiger partial charge on any atom is 0.126 e. The topological polar surface area (TPSA) is 63.9 Å². The Kier molecular flexibility index (Phi) is 2.28. The zero-order valence-corrected chi connectivity index (χ0v) is 9.79. The van der Waals surface area contributed by atoms with Crippen molar-refractivity contribution in [2.45, 2.75) is 19.3 Å². The van der Waals surface area contributed by atoms with Crippen molar-refractivity contribution in [3.63, 3.8) is 0 Å². The molecule has 0 fully saturated rings. The molecule has 0 aliphatic heterocycles. The first-order valence-electron chi connectivity index (χ1n) is 5.79. The minimum Gasteiger partial charge on any atom is -0.496 e. The summed E-state index contributed by atoms with van der Waals surface area (Å²) in [5.41, 5.74) is 10.7. The zero-order valence-electron chi connectivity index (χ0n) is 9.79. The second-order valence-corrected chi connectivity index (χ2v) is 4.32. The first kappa shape index (κ1) is 10.2. The Morgan fingerprint density at radius 3 is 2.76 bits per heavy atom. The van der Waals surface area contributed by atoms with E-state index in [4.69, 9.17) is 10.5 Å². The van der Waals surface area contributed by atoms with E-state index < -0.39 is 0 Å². The summed E-state index contributed by atoms with van der Waals surface area (Å²) in [6, 6.07) is 4.09. The molecular formula is C13H15N3O. The van der Waals surface area contributed by atoms with Crippen LogP contribution in [0.3, 0.4) is 0 Å². The van der Waals surface area contributed by atoms with Crippen molar-refractivity contribution in [3.05, 3.63) is 29.5 Å². The van der Waals surface area contributed by atoms with Crippen molar-refractivity contribution in [3.8, 4) is 16.9 Å². The minimum atomic E-state index is 0.629. The van der Waals surface area contributed by atoms with Crippen LogP contribution in [-0.2, 0) is 12.8 Å². The number of rotatable bonds is 2. The second-order valence-electron chi connectivity index (χ2n) is 4.32. The number of ether oxygens (including phenoxy) is 1. The summed E-state index contributed by atoms with van der Waals surface area (Å²) in [7, 11) is 1.72. The molecule has 2 aromatic rings. The largest absolute Gasteiger partial charge is 0.496 e. The van der Waals surface area contributed by atoms with Crippen molar-refractivity contribution in [1.29, 1.82) is 0 Å². The highest BCUT2D eigenvalue weighted by Gasteiger charge is 2.21. The van der Waals surface area contributed by atoms with E-state index in [1.807, 2.05) is 6.07 Å². The molecule has 0 saturated heterocycles.